The van der Waals surface area contributed by atoms with E-state index >= 15 is 0 Å². The zero-order valence-electron chi connectivity index (χ0n) is 12.5. The lowest BCUT2D eigenvalue weighted by Crippen LogP contribution is -2.37. The van der Waals surface area contributed by atoms with Gasteiger partial charge in [0.15, 0.2) is 0 Å². The van der Waals surface area contributed by atoms with Crippen molar-refractivity contribution in [3.63, 3.8) is 0 Å². The first kappa shape index (κ1) is 13.5. The first-order valence-electron chi connectivity index (χ1n) is 7.94. The van der Waals surface area contributed by atoms with Crippen LogP contribution in [-0.2, 0) is 17.6 Å². The van der Waals surface area contributed by atoms with Gasteiger partial charge in [-0.05, 0) is 38.2 Å². The van der Waals surface area contributed by atoms with Crippen LogP contribution in [0.4, 0.5) is 5.82 Å². The first-order valence-corrected chi connectivity index (χ1v) is 8.76. The molecule has 2 aromatic heterocycles. The van der Waals surface area contributed by atoms with Crippen molar-refractivity contribution in [2.24, 2.45) is 0 Å². The molecule has 0 spiro atoms. The van der Waals surface area contributed by atoms with Gasteiger partial charge in [0.1, 0.15) is 16.5 Å². The van der Waals surface area contributed by atoms with Crippen molar-refractivity contribution in [2.75, 3.05) is 31.2 Å². The van der Waals surface area contributed by atoms with Crippen LogP contribution in [0.3, 0.4) is 0 Å². The summed E-state index contributed by atoms with van der Waals surface area (Å²) >= 11 is 1.90. The standard InChI is InChI=1S/C16H21N3OS/c1-11-17-15(19-7-9-20-10-8-19)14-12-5-3-2-4-6-13(12)21-16(14)18-11/h2-10H2,1H3. The number of morpholine rings is 1. The van der Waals surface area contributed by atoms with Gasteiger partial charge in [-0.3, -0.25) is 0 Å². The molecule has 0 unspecified atom stereocenters. The quantitative estimate of drug-likeness (QED) is 0.759. The van der Waals surface area contributed by atoms with Gasteiger partial charge in [-0.1, -0.05) is 6.42 Å². The van der Waals surface area contributed by atoms with Crippen LogP contribution in [0.1, 0.15) is 35.5 Å². The molecule has 0 aromatic carbocycles. The summed E-state index contributed by atoms with van der Waals surface area (Å²) in [5.41, 5.74) is 1.54. The summed E-state index contributed by atoms with van der Waals surface area (Å²) in [5.74, 6) is 2.04. The Morgan fingerprint density at radius 1 is 1.05 bits per heavy atom. The Hall–Kier alpha value is -1.20. The molecule has 3 heterocycles. The number of hydrogen-bond donors (Lipinski definition) is 0. The molecule has 0 saturated carbocycles. The highest BCUT2D eigenvalue weighted by Gasteiger charge is 2.23. The van der Waals surface area contributed by atoms with Gasteiger partial charge in [0.2, 0.25) is 0 Å². The lowest BCUT2D eigenvalue weighted by Gasteiger charge is -2.28. The topological polar surface area (TPSA) is 38.2 Å². The van der Waals surface area contributed by atoms with Crippen LogP contribution in [0.15, 0.2) is 0 Å². The van der Waals surface area contributed by atoms with Crippen molar-refractivity contribution in [1.29, 1.82) is 0 Å². The van der Waals surface area contributed by atoms with Crippen LogP contribution in [0.5, 0.6) is 0 Å². The normalized spacial score (nSPS) is 19.6. The van der Waals surface area contributed by atoms with Crippen molar-refractivity contribution < 1.29 is 4.74 Å². The number of nitrogens with zero attached hydrogens (tertiary/aromatic N) is 3. The number of aromatic nitrogens is 2. The van der Waals surface area contributed by atoms with E-state index in [1.165, 1.54) is 47.9 Å². The Bertz CT molecular complexity index is 661. The predicted octanol–water partition coefficient (Wildman–Crippen LogP) is 3.11. The Morgan fingerprint density at radius 2 is 1.86 bits per heavy atom. The molecule has 5 heteroatoms. The zero-order valence-corrected chi connectivity index (χ0v) is 13.3. The lowest BCUT2D eigenvalue weighted by atomic mass is 10.1. The van der Waals surface area contributed by atoms with Crippen LogP contribution < -0.4 is 4.90 Å². The van der Waals surface area contributed by atoms with Gasteiger partial charge in [0.25, 0.3) is 0 Å². The van der Waals surface area contributed by atoms with Crippen molar-refractivity contribution in [1.82, 2.24) is 9.97 Å². The molecule has 0 amide bonds. The molecular weight excluding hydrogens is 282 g/mol. The molecule has 1 saturated heterocycles. The average molecular weight is 303 g/mol. The van der Waals surface area contributed by atoms with Gasteiger partial charge in [0, 0.05) is 18.0 Å². The fraction of sp³-hybridized carbons (Fsp3) is 0.625. The molecule has 0 bridgehead atoms. The molecule has 0 atom stereocenters. The summed E-state index contributed by atoms with van der Waals surface area (Å²) in [7, 11) is 0. The van der Waals surface area contributed by atoms with Gasteiger partial charge >= 0.3 is 0 Å². The highest BCUT2D eigenvalue weighted by molar-refractivity contribution is 7.19. The third-order valence-corrected chi connectivity index (χ3v) is 5.65. The number of aryl methyl sites for hydroxylation is 3. The van der Waals surface area contributed by atoms with E-state index in [1.807, 2.05) is 18.3 Å². The van der Waals surface area contributed by atoms with Crippen molar-refractivity contribution in [3.8, 4) is 0 Å². The van der Waals surface area contributed by atoms with Crippen LogP contribution in [0.25, 0.3) is 10.2 Å². The minimum Gasteiger partial charge on any atom is -0.378 e. The van der Waals surface area contributed by atoms with Crippen LogP contribution in [-0.4, -0.2) is 36.3 Å². The van der Waals surface area contributed by atoms with Crippen molar-refractivity contribution >= 4 is 27.4 Å². The van der Waals surface area contributed by atoms with E-state index in [9.17, 15) is 0 Å². The number of hydrogen-bond acceptors (Lipinski definition) is 5. The first-order chi connectivity index (χ1) is 10.3. The average Bonchev–Trinajstić information content (AvgIpc) is 2.68. The van der Waals surface area contributed by atoms with E-state index < -0.39 is 0 Å². The maximum absolute atomic E-state index is 5.50. The molecule has 4 rings (SSSR count). The van der Waals surface area contributed by atoms with Gasteiger partial charge in [-0.25, -0.2) is 9.97 Å². The van der Waals surface area contributed by atoms with Gasteiger partial charge < -0.3 is 9.64 Å². The Labute approximate surface area is 129 Å². The molecule has 112 valence electrons. The lowest BCUT2D eigenvalue weighted by molar-refractivity contribution is 0.122. The number of thiophene rings is 1. The number of rotatable bonds is 1. The van der Waals surface area contributed by atoms with Crippen LogP contribution >= 0.6 is 11.3 Å². The Balaban J connectivity index is 1.89. The second-order valence-electron chi connectivity index (χ2n) is 5.94. The van der Waals surface area contributed by atoms with E-state index in [0.717, 1.165) is 37.9 Å². The maximum atomic E-state index is 5.50. The predicted molar refractivity (Wildman–Crippen MR) is 86.4 cm³/mol. The monoisotopic (exact) mass is 303 g/mol. The third kappa shape index (κ3) is 2.42. The second-order valence-corrected chi connectivity index (χ2v) is 7.02. The third-order valence-electron chi connectivity index (χ3n) is 4.47. The zero-order chi connectivity index (χ0) is 14.2. The van der Waals surface area contributed by atoms with Crippen molar-refractivity contribution in [3.05, 3.63) is 16.3 Å². The SMILES string of the molecule is Cc1nc(N2CCOCC2)c2c3c(sc2n1)CCCCC3. The molecule has 1 fully saturated rings. The van der Waals surface area contributed by atoms with Gasteiger partial charge in [-0.2, -0.15) is 0 Å². The molecule has 4 nitrogen and oxygen atoms in total. The molecule has 1 aliphatic carbocycles. The van der Waals surface area contributed by atoms with E-state index in [0.29, 0.717) is 0 Å². The number of anilines is 1. The summed E-state index contributed by atoms with van der Waals surface area (Å²) < 4.78 is 5.50. The second kappa shape index (κ2) is 5.54. The minimum atomic E-state index is 0.802. The highest BCUT2D eigenvalue weighted by atomic mass is 32.1. The summed E-state index contributed by atoms with van der Waals surface area (Å²) in [6.07, 6.45) is 6.38. The molecular formula is C16H21N3OS. The Kier molecular flexibility index (Phi) is 3.55. The van der Waals surface area contributed by atoms with E-state index in [1.54, 1.807) is 4.88 Å². The molecule has 1 aliphatic heterocycles. The summed E-state index contributed by atoms with van der Waals surface area (Å²) in [6, 6.07) is 0. The molecule has 0 N–H and O–H groups in total. The van der Waals surface area contributed by atoms with Gasteiger partial charge in [-0.15, -0.1) is 11.3 Å². The summed E-state index contributed by atoms with van der Waals surface area (Å²) in [4.78, 5) is 14.6. The van der Waals surface area contributed by atoms with Crippen LogP contribution in [0, 0.1) is 6.92 Å². The summed E-state index contributed by atoms with van der Waals surface area (Å²) in [5, 5.41) is 1.34. The van der Waals surface area contributed by atoms with E-state index in [2.05, 4.69) is 4.90 Å². The number of fused-ring (bicyclic) bond motifs is 3. The Morgan fingerprint density at radius 3 is 2.71 bits per heavy atom. The fourth-order valence-electron chi connectivity index (χ4n) is 3.42. The smallest absolute Gasteiger partial charge is 0.141 e. The molecule has 2 aromatic rings. The van der Waals surface area contributed by atoms with Crippen LogP contribution in [0.2, 0.25) is 0 Å². The molecule has 2 aliphatic rings. The minimum absolute atomic E-state index is 0.802. The van der Waals surface area contributed by atoms with E-state index in [-0.39, 0.29) is 0 Å². The number of ether oxygens (including phenoxy) is 1. The summed E-state index contributed by atoms with van der Waals surface area (Å²) in [6.45, 7) is 5.49. The molecule has 21 heavy (non-hydrogen) atoms. The fourth-order valence-corrected chi connectivity index (χ4v) is 4.72. The van der Waals surface area contributed by atoms with Gasteiger partial charge in [0.05, 0.1) is 18.6 Å². The molecule has 0 radical (unpaired) electrons. The maximum Gasteiger partial charge on any atom is 0.141 e. The van der Waals surface area contributed by atoms with E-state index in [4.69, 9.17) is 14.7 Å². The largest absolute Gasteiger partial charge is 0.378 e. The van der Waals surface area contributed by atoms with Crippen molar-refractivity contribution in [2.45, 2.75) is 39.0 Å². The highest BCUT2D eigenvalue weighted by Crippen LogP contribution is 2.39.